The molecular weight excluding hydrogens is 348 g/mol. The highest BCUT2D eigenvalue weighted by molar-refractivity contribution is 7.88. The van der Waals surface area contributed by atoms with Gasteiger partial charge < -0.3 is 5.32 Å². The molecule has 128 valence electrons. The van der Waals surface area contributed by atoms with Crippen molar-refractivity contribution in [2.75, 3.05) is 18.1 Å². The van der Waals surface area contributed by atoms with Gasteiger partial charge in [0.2, 0.25) is 15.9 Å². The molecule has 2 aromatic heterocycles. The number of sulfonamides is 1. The molecule has 1 N–H and O–H groups in total. The standard InChI is InChI=1S/C15H18N4O3S2/c1-24(21,22)19-9-5-3-7-13(19)14(20)18-15-17-12(10-23-15)11-6-2-4-8-16-11/h2,4,6,8,10,13H,3,5,7,9H2,1H3,(H,17,18,20). The molecule has 1 amide bonds. The molecule has 1 atom stereocenters. The highest BCUT2D eigenvalue weighted by Gasteiger charge is 2.34. The fraction of sp³-hybridized carbons (Fsp3) is 0.400. The van der Waals surface area contributed by atoms with Crippen LogP contribution in [0.3, 0.4) is 0 Å². The molecule has 2 aromatic rings. The predicted molar refractivity (Wildman–Crippen MR) is 93.2 cm³/mol. The summed E-state index contributed by atoms with van der Waals surface area (Å²) in [6, 6.07) is 4.86. The van der Waals surface area contributed by atoms with E-state index in [1.807, 2.05) is 23.6 Å². The van der Waals surface area contributed by atoms with Gasteiger partial charge >= 0.3 is 0 Å². The van der Waals surface area contributed by atoms with Crippen LogP contribution in [-0.2, 0) is 14.8 Å². The first kappa shape index (κ1) is 17.0. The van der Waals surface area contributed by atoms with Crippen LogP contribution in [0.4, 0.5) is 5.13 Å². The fourth-order valence-electron chi connectivity index (χ4n) is 2.72. The molecule has 1 aliphatic heterocycles. The summed E-state index contributed by atoms with van der Waals surface area (Å²) in [7, 11) is -3.40. The third-order valence-corrected chi connectivity index (χ3v) is 5.89. The molecule has 24 heavy (non-hydrogen) atoms. The van der Waals surface area contributed by atoms with E-state index < -0.39 is 16.1 Å². The number of aromatic nitrogens is 2. The molecule has 0 bridgehead atoms. The van der Waals surface area contributed by atoms with Gasteiger partial charge in [-0.25, -0.2) is 13.4 Å². The summed E-state index contributed by atoms with van der Waals surface area (Å²) in [5.41, 5.74) is 1.41. The number of nitrogens with zero attached hydrogens (tertiary/aromatic N) is 3. The van der Waals surface area contributed by atoms with Gasteiger partial charge in [0.25, 0.3) is 0 Å². The number of carbonyl (C=O) groups is 1. The maximum absolute atomic E-state index is 12.5. The Morgan fingerprint density at radius 1 is 1.33 bits per heavy atom. The molecule has 7 nitrogen and oxygen atoms in total. The third-order valence-electron chi connectivity index (χ3n) is 3.84. The van der Waals surface area contributed by atoms with E-state index in [0.717, 1.165) is 24.8 Å². The van der Waals surface area contributed by atoms with Crippen LogP contribution in [0.25, 0.3) is 11.4 Å². The molecular formula is C15H18N4O3S2. The van der Waals surface area contributed by atoms with Gasteiger partial charge in [-0.15, -0.1) is 11.3 Å². The lowest BCUT2D eigenvalue weighted by Crippen LogP contribution is -2.49. The molecule has 3 rings (SSSR count). The Morgan fingerprint density at radius 3 is 2.88 bits per heavy atom. The van der Waals surface area contributed by atoms with E-state index in [9.17, 15) is 13.2 Å². The van der Waals surface area contributed by atoms with Crippen LogP contribution in [0.1, 0.15) is 19.3 Å². The van der Waals surface area contributed by atoms with Gasteiger partial charge in [-0.2, -0.15) is 4.31 Å². The smallest absolute Gasteiger partial charge is 0.244 e. The average Bonchev–Trinajstić information content (AvgIpc) is 3.03. The summed E-state index contributed by atoms with van der Waals surface area (Å²) in [6.07, 6.45) is 4.95. The molecule has 9 heteroatoms. The maximum Gasteiger partial charge on any atom is 0.244 e. The monoisotopic (exact) mass is 366 g/mol. The Labute approximate surface area is 144 Å². The minimum atomic E-state index is -3.40. The van der Waals surface area contributed by atoms with E-state index in [4.69, 9.17) is 0 Å². The van der Waals surface area contributed by atoms with Crippen LogP contribution < -0.4 is 5.32 Å². The van der Waals surface area contributed by atoms with Crippen LogP contribution in [0.15, 0.2) is 29.8 Å². The number of hydrogen-bond donors (Lipinski definition) is 1. The number of carbonyl (C=O) groups excluding carboxylic acids is 1. The average molecular weight is 366 g/mol. The van der Waals surface area contributed by atoms with Crippen LogP contribution in [0, 0.1) is 0 Å². The molecule has 0 aliphatic carbocycles. The van der Waals surface area contributed by atoms with E-state index in [1.165, 1.54) is 15.6 Å². The van der Waals surface area contributed by atoms with Gasteiger partial charge in [0.15, 0.2) is 5.13 Å². The van der Waals surface area contributed by atoms with Gasteiger partial charge in [0.05, 0.1) is 11.9 Å². The molecule has 1 fully saturated rings. The van der Waals surface area contributed by atoms with Crippen molar-refractivity contribution >= 4 is 32.4 Å². The van der Waals surface area contributed by atoms with Crippen molar-refractivity contribution < 1.29 is 13.2 Å². The van der Waals surface area contributed by atoms with Crippen molar-refractivity contribution in [3.63, 3.8) is 0 Å². The van der Waals surface area contributed by atoms with E-state index in [2.05, 4.69) is 15.3 Å². The predicted octanol–water partition coefficient (Wildman–Crippen LogP) is 1.96. The van der Waals surface area contributed by atoms with Crippen molar-refractivity contribution in [3.05, 3.63) is 29.8 Å². The zero-order valence-corrected chi connectivity index (χ0v) is 14.8. The minimum absolute atomic E-state index is 0.331. The minimum Gasteiger partial charge on any atom is -0.301 e. The van der Waals surface area contributed by atoms with Crippen molar-refractivity contribution in [2.45, 2.75) is 25.3 Å². The van der Waals surface area contributed by atoms with Gasteiger partial charge in [0, 0.05) is 18.1 Å². The first-order chi connectivity index (χ1) is 11.4. The summed E-state index contributed by atoms with van der Waals surface area (Å²) in [5.74, 6) is -0.331. The van der Waals surface area contributed by atoms with Crippen molar-refractivity contribution in [2.24, 2.45) is 0 Å². The zero-order chi connectivity index (χ0) is 17.2. The normalized spacial score (nSPS) is 19.1. The van der Waals surface area contributed by atoms with Gasteiger partial charge in [-0.3, -0.25) is 9.78 Å². The molecule has 0 spiro atoms. The Kier molecular flexibility index (Phi) is 4.93. The lowest BCUT2D eigenvalue weighted by molar-refractivity contribution is -0.120. The largest absolute Gasteiger partial charge is 0.301 e. The second-order valence-electron chi connectivity index (χ2n) is 5.63. The SMILES string of the molecule is CS(=O)(=O)N1CCCCC1C(=O)Nc1nc(-c2ccccn2)cs1. The first-order valence-corrected chi connectivity index (χ1v) is 10.3. The lowest BCUT2D eigenvalue weighted by Gasteiger charge is -2.32. The zero-order valence-electron chi connectivity index (χ0n) is 13.2. The van der Waals surface area contributed by atoms with Crippen LogP contribution >= 0.6 is 11.3 Å². The fourth-order valence-corrected chi connectivity index (χ4v) is 4.55. The number of anilines is 1. The second-order valence-corrected chi connectivity index (χ2v) is 8.42. The molecule has 0 aromatic carbocycles. The number of pyridine rings is 1. The molecule has 3 heterocycles. The molecule has 0 saturated carbocycles. The number of rotatable bonds is 4. The van der Waals surface area contributed by atoms with E-state index in [0.29, 0.717) is 23.8 Å². The molecule has 1 saturated heterocycles. The third kappa shape index (κ3) is 3.80. The maximum atomic E-state index is 12.5. The first-order valence-electron chi connectivity index (χ1n) is 7.60. The lowest BCUT2D eigenvalue weighted by atomic mass is 10.0. The Bertz CT molecular complexity index is 820. The summed E-state index contributed by atoms with van der Waals surface area (Å²) in [4.78, 5) is 21.1. The van der Waals surface area contributed by atoms with Crippen LogP contribution in [0.5, 0.6) is 0 Å². The van der Waals surface area contributed by atoms with Crippen LogP contribution in [-0.4, -0.2) is 47.4 Å². The van der Waals surface area contributed by atoms with Crippen molar-refractivity contribution in [3.8, 4) is 11.4 Å². The molecule has 1 unspecified atom stereocenters. The summed E-state index contributed by atoms with van der Waals surface area (Å²) in [5, 5.41) is 5.00. The molecule has 0 radical (unpaired) electrons. The highest BCUT2D eigenvalue weighted by Crippen LogP contribution is 2.25. The van der Waals surface area contributed by atoms with Crippen molar-refractivity contribution in [1.82, 2.24) is 14.3 Å². The summed E-state index contributed by atoms with van der Waals surface area (Å²) >= 11 is 1.29. The number of piperidine rings is 1. The topological polar surface area (TPSA) is 92.3 Å². The highest BCUT2D eigenvalue weighted by atomic mass is 32.2. The number of thiazole rings is 1. The number of hydrogen-bond acceptors (Lipinski definition) is 6. The Balaban J connectivity index is 1.74. The summed E-state index contributed by atoms with van der Waals surface area (Å²) in [6.45, 7) is 0.383. The Morgan fingerprint density at radius 2 is 2.17 bits per heavy atom. The molecule has 1 aliphatic rings. The Hall–Kier alpha value is -1.84. The summed E-state index contributed by atoms with van der Waals surface area (Å²) < 4.78 is 25.0. The van der Waals surface area contributed by atoms with E-state index in [1.54, 1.807) is 6.20 Å². The van der Waals surface area contributed by atoms with E-state index in [-0.39, 0.29) is 5.91 Å². The quantitative estimate of drug-likeness (QED) is 0.893. The van der Waals surface area contributed by atoms with Gasteiger partial charge in [-0.05, 0) is 25.0 Å². The number of amides is 1. The number of nitrogens with one attached hydrogen (secondary N) is 1. The van der Waals surface area contributed by atoms with Gasteiger partial charge in [0.1, 0.15) is 11.7 Å². The van der Waals surface area contributed by atoms with Crippen LogP contribution in [0.2, 0.25) is 0 Å². The van der Waals surface area contributed by atoms with Crippen molar-refractivity contribution in [1.29, 1.82) is 0 Å². The van der Waals surface area contributed by atoms with E-state index >= 15 is 0 Å². The second kappa shape index (κ2) is 6.96. The van der Waals surface area contributed by atoms with Gasteiger partial charge in [-0.1, -0.05) is 12.5 Å².